The fourth-order valence-corrected chi connectivity index (χ4v) is 3.10. The van der Waals surface area contributed by atoms with E-state index in [1.807, 2.05) is 0 Å². The molecular formula is C16H29NO3. The Kier molecular flexibility index (Phi) is 5.85. The molecule has 0 spiro atoms. The van der Waals surface area contributed by atoms with Crippen molar-refractivity contribution in [3.8, 4) is 0 Å². The molecule has 20 heavy (non-hydrogen) atoms. The summed E-state index contributed by atoms with van der Waals surface area (Å²) in [5.41, 5.74) is 0. The highest BCUT2D eigenvalue weighted by molar-refractivity contribution is 5.84. The minimum absolute atomic E-state index is 0.161. The van der Waals surface area contributed by atoms with Crippen LogP contribution in [-0.2, 0) is 14.4 Å². The number of hydrogen-bond donors (Lipinski definition) is 0. The number of nitrogens with zero attached hydrogens (tertiary/aromatic N) is 1. The molecule has 116 valence electrons. The van der Waals surface area contributed by atoms with Crippen LogP contribution in [0.15, 0.2) is 0 Å². The van der Waals surface area contributed by atoms with E-state index in [1.54, 1.807) is 5.06 Å². The lowest BCUT2D eigenvalue weighted by Gasteiger charge is -2.48. The van der Waals surface area contributed by atoms with Crippen molar-refractivity contribution >= 4 is 5.91 Å². The van der Waals surface area contributed by atoms with Crippen molar-refractivity contribution in [3.05, 3.63) is 0 Å². The SMILES string of the molecule is CCCC1C(CC(C)CC)C(=O)N1OC1CCCCO1. The molecular weight excluding hydrogens is 254 g/mol. The van der Waals surface area contributed by atoms with E-state index in [2.05, 4.69) is 20.8 Å². The van der Waals surface area contributed by atoms with Gasteiger partial charge in [-0.15, -0.1) is 0 Å². The molecule has 0 radical (unpaired) electrons. The van der Waals surface area contributed by atoms with Gasteiger partial charge in [0, 0.05) is 13.0 Å². The van der Waals surface area contributed by atoms with Crippen LogP contribution in [0.2, 0.25) is 0 Å². The fourth-order valence-electron chi connectivity index (χ4n) is 3.10. The Balaban J connectivity index is 1.89. The van der Waals surface area contributed by atoms with Gasteiger partial charge in [-0.1, -0.05) is 33.6 Å². The zero-order valence-electron chi connectivity index (χ0n) is 13.1. The maximum atomic E-state index is 12.3. The molecule has 2 fully saturated rings. The highest BCUT2D eigenvalue weighted by Crippen LogP contribution is 2.36. The second-order valence-electron chi connectivity index (χ2n) is 6.28. The van der Waals surface area contributed by atoms with Gasteiger partial charge in [-0.05, 0) is 31.6 Å². The molecule has 0 aromatic heterocycles. The molecule has 4 atom stereocenters. The average Bonchev–Trinajstić information content (AvgIpc) is 2.49. The van der Waals surface area contributed by atoms with Gasteiger partial charge in [-0.25, -0.2) is 9.90 Å². The zero-order chi connectivity index (χ0) is 14.5. The molecule has 0 aromatic rings. The largest absolute Gasteiger partial charge is 0.350 e. The summed E-state index contributed by atoms with van der Waals surface area (Å²) in [6.45, 7) is 7.33. The summed E-state index contributed by atoms with van der Waals surface area (Å²) in [6.07, 6.45) is 7.15. The number of hydrogen-bond acceptors (Lipinski definition) is 3. The Morgan fingerprint density at radius 2 is 2.20 bits per heavy atom. The number of carbonyl (C=O) groups is 1. The second kappa shape index (κ2) is 7.41. The standard InChI is InChI=1S/C16H29NO3/c1-4-8-14-13(11-12(3)5-2)16(18)17(14)20-15-9-6-7-10-19-15/h12-15H,4-11H2,1-3H3. The number of rotatable bonds is 7. The van der Waals surface area contributed by atoms with Gasteiger partial charge in [0.1, 0.15) is 0 Å². The fraction of sp³-hybridized carbons (Fsp3) is 0.938. The summed E-state index contributed by atoms with van der Waals surface area (Å²) in [5.74, 6) is 0.933. The first-order valence-corrected chi connectivity index (χ1v) is 8.28. The topological polar surface area (TPSA) is 38.8 Å². The Hall–Kier alpha value is -0.610. The molecule has 0 aromatic carbocycles. The molecule has 2 heterocycles. The van der Waals surface area contributed by atoms with Crippen LogP contribution in [0.3, 0.4) is 0 Å². The molecule has 0 saturated carbocycles. The van der Waals surface area contributed by atoms with E-state index in [9.17, 15) is 4.79 Å². The summed E-state index contributed by atoms with van der Waals surface area (Å²) in [7, 11) is 0. The predicted molar refractivity (Wildman–Crippen MR) is 77.8 cm³/mol. The van der Waals surface area contributed by atoms with Crippen LogP contribution in [0, 0.1) is 11.8 Å². The quantitative estimate of drug-likeness (QED) is 0.671. The summed E-state index contributed by atoms with van der Waals surface area (Å²) in [4.78, 5) is 18.1. The van der Waals surface area contributed by atoms with Gasteiger partial charge in [-0.2, -0.15) is 0 Å². The average molecular weight is 283 g/mol. The van der Waals surface area contributed by atoms with Gasteiger partial charge in [-0.3, -0.25) is 4.79 Å². The predicted octanol–water partition coefficient (Wildman–Crippen LogP) is 3.51. The Bertz CT molecular complexity index is 315. The van der Waals surface area contributed by atoms with E-state index in [0.717, 1.165) is 51.6 Å². The van der Waals surface area contributed by atoms with Crippen molar-refractivity contribution in [1.82, 2.24) is 5.06 Å². The Labute approximate surface area is 122 Å². The number of hydroxylamine groups is 2. The van der Waals surface area contributed by atoms with Crippen LogP contribution >= 0.6 is 0 Å². The summed E-state index contributed by atoms with van der Waals surface area (Å²) in [6, 6.07) is 0.257. The molecule has 2 rings (SSSR count). The monoisotopic (exact) mass is 283 g/mol. The van der Waals surface area contributed by atoms with Crippen LogP contribution in [0.5, 0.6) is 0 Å². The van der Waals surface area contributed by atoms with Crippen LogP contribution in [-0.4, -0.2) is 29.9 Å². The number of ether oxygens (including phenoxy) is 1. The van der Waals surface area contributed by atoms with Gasteiger partial charge in [0.2, 0.25) is 0 Å². The minimum Gasteiger partial charge on any atom is -0.350 e. The van der Waals surface area contributed by atoms with Crippen LogP contribution < -0.4 is 0 Å². The second-order valence-corrected chi connectivity index (χ2v) is 6.28. The highest BCUT2D eigenvalue weighted by atomic mass is 16.8. The third-order valence-corrected chi connectivity index (χ3v) is 4.61. The highest BCUT2D eigenvalue weighted by Gasteiger charge is 2.48. The number of β-lactam (4-membered cyclic amide) rings is 1. The third-order valence-electron chi connectivity index (χ3n) is 4.61. The van der Waals surface area contributed by atoms with E-state index in [-0.39, 0.29) is 24.2 Å². The first-order valence-electron chi connectivity index (χ1n) is 8.28. The molecule has 0 N–H and O–H groups in total. The molecule has 0 aliphatic carbocycles. The molecule has 0 bridgehead atoms. The lowest BCUT2D eigenvalue weighted by molar-refractivity contribution is -0.320. The zero-order valence-corrected chi connectivity index (χ0v) is 13.1. The van der Waals surface area contributed by atoms with E-state index in [0.29, 0.717) is 5.92 Å². The van der Waals surface area contributed by atoms with Crippen LogP contribution in [0.25, 0.3) is 0 Å². The normalized spacial score (nSPS) is 32.0. The molecule has 2 aliphatic rings. The Morgan fingerprint density at radius 1 is 1.40 bits per heavy atom. The van der Waals surface area contributed by atoms with E-state index >= 15 is 0 Å². The van der Waals surface area contributed by atoms with Crippen molar-refractivity contribution in [3.63, 3.8) is 0 Å². The van der Waals surface area contributed by atoms with Crippen molar-refractivity contribution in [1.29, 1.82) is 0 Å². The van der Waals surface area contributed by atoms with E-state index in [4.69, 9.17) is 9.57 Å². The summed E-state index contributed by atoms with van der Waals surface area (Å²) in [5, 5.41) is 1.62. The van der Waals surface area contributed by atoms with Gasteiger partial charge in [0.25, 0.3) is 5.91 Å². The first kappa shape index (κ1) is 15.8. The number of amides is 1. The third kappa shape index (κ3) is 3.53. The maximum absolute atomic E-state index is 12.3. The first-order chi connectivity index (χ1) is 9.67. The van der Waals surface area contributed by atoms with Crippen molar-refractivity contribution < 1.29 is 14.4 Å². The molecule has 2 saturated heterocycles. The number of carbonyl (C=O) groups excluding carboxylic acids is 1. The summed E-state index contributed by atoms with van der Waals surface area (Å²) < 4.78 is 5.58. The van der Waals surface area contributed by atoms with Gasteiger partial charge in [0.15, 0.2) is 6.29 Å². The minimum atomic E-state index is -0.211. The lowest BCUT2D eigenvalue weighted by Crippen LogP contribution is -2.62. The van der Waals surface area contributed by atoms with E-state index < -0.39 is 0 Å². The molecule has 4 heteroatoms. The lowest BCUT2D eigenvalue weighted by atomic mass is 9.80. The smallest absolute Gasteiger partial charge is 0.251 e. The van der Waals surface area contributed by atoms with Gasteiger partial charge < -0.3 is 4.74 Å². The van der Waals surface area contributed by atoms with Crippen LogP contribution in [0.4, 0.5) is 0 Å². The van der Waals surface area contributed by atoms with E-state index in [1.165, 1.54) is 0 Å². The van der Waals surface area contributed by atoms with Gasteiger partial charge >= 0.3 is 0 Å². The van der Waals surface area contributed by atoms with Crippen molar-refractivity contribution in [2.75, 3.05) is 6.61 Å². The maximum Gasteiger partial charge on any atom is 0.251 e. The molecule has 1 amide bonds. The van der Waals surface area contributed by atoms with Crippen molar-refractivity contribution in [2.24, 2.45) is 11.8 Å². The van der Waals surface area contributed by atoms with Gasteiger partial charge in [0.05, 0.1) is 12.0 Å². The summed E-state index contributed by atoms with van der Waals surface area (Å²) >= 11 is 0. The van der Waals surface area contributed by atoms with Crippen molar-refractivity contribution in [2.45, 2.75) is 78.0 Å². The molecule has 4 nitrogen and oxygen atoms in total. The molecule has 2 aliphatic heterocycles. The Morgan fingerprint density at radius 3 is 2.80 bits per heavy atom. The molecule has 4 unspecified atom stereocenters. The van der Waals surface area contributed by atoms with Crippen LogP contribution in [0.1, 0.15) is 65.7 Å².